The Kier molecular flexibility index (Phi) is 5.46. The van der Waals surface area contributed by atoms with Crippen LogP contribution < -0.4 is 4.31 Å². The summed E-state index contributed by atoms with van der Waals surface area (Å²) in [6, 6.07) is 21.0. The van der Waals surface area contributed by atoms with Crippen LogP contribution in [0.1, 0.15) is 24.1 Å². The Labute approximate surface area is 164 Å². The van der Waals surface area contributed by atoms with E-state index in [2.05, 4.69) is 0 Å². The van der Waals surface area contributed by atoms with E-state index in [1.165, 1.54) is 22.5 Å². The maximum Gasteiger partial charge on any atom is 0.270 e. The summed E-state index contributed by atoms with van der Waals surface area (Å²) >= 11 is 0. The van der Waals surface area contributed by atoms with Crippen LogP contribution in [0.3, 0.4) is 0 Å². The van der Waals surface area contributed by atoms with Crippen LogP contribution in [0.2, 0.25) is 0 Å². The molecule has 0 N–H and O–H groups in total. The standard InChI is InChI=1S/C21H20N2O4S/c1-16-11-13-18(14-12-16)17(2)22(19-7-4-3-5-8-19)28(26,27)21-10-6-9-20(15-21)23(24)25/h3-15,17H,1-2H3. The first kappa shape index (κ1) is 19.6. The minimum Gasteiger partial charge on any atom is -0.259 e. The lowest BCUT2D eigenvalue weighted by Gasteiger charge is -2.31. The first-order chi connectivity index (χ1) is 13.3. The number of benzene rings is 3. The molecule has 0 amide bonds. The number of hydrogen-bond acceptors (Lipinski definition) is 4. The van der Waals surface area contributed by atoms with Gasteiger partial charge in [0.05, 0.1) is 21.5 Å². The zero-order valence-corrected chi connectivity index (χ0v) is 16.3. The van der Waals surface area contributed by atoms with Crippen LogP contribution in [0.25, 0.3) is 0 Å². The van der Waals surface area contributed by atoms with Crippen molar-refractivity contribution in [1.29, 1.82) is 0 Å². The fraction of sp³-hybridized carbons (Fsp3) is 0.143. The van der Waals surface area contributed by atoms with Crippen molar-refractivity contribution in [3.8, 4) is 0 Å². The minimum absolute atomic E-state index is 0.121. The number of sulfonamides is 1. The molecule has 0 spiro atoms. The van der Waals surface area contributed by atoms with Crippen molar-refractivity contribution in [3.63, 3.8) is 0 Å². The molecule has 0 radical (unpaired) electrons. The second-order valence-electron chi connectivity index (χ2n) is 6.48. The Morgan fingerprint density at radius 3 is 2.18 bits per heavy atom. The van der Waals surface area contributed by atoms with Gasteiger partial charge in [-0.2, -0.15) is 0 Å². The van der Waals surface area contributed by atoms with E-state index in [0.717, 1.165) is 17.2 Å². The van der Waals surface area contributed by atoms with Gasteiger partial charge in [-0.15, -0.1) is 0 Å². The van der Waals surface area contributed by atoms with Gasteiger partial charge in [-0.3, -0.25) is 14.4 Å². The number of nitro groups is 1. The van der Waals surface area contributed by atoms with Gasteiger partial charge in [0.2, 0.25) is 0 Å². The van der Waals surface area contributed by atoms with Gasteiger partial charge >= 0.3 is 0 Å². The molecule has 0 aliphatic rings. The van der Waals surface area contributed by atoms with E-state index < -0.39 is 21.0 Å². The molecule has 28 heavy (non-hydrogen) atoms. The highest BCUT2D eigenvalue weighted by Crippen LogP contribution is 2.34. The number of anilines is 1. The number of nitro benzene ring substituents is 1. The number of para-hydroxylation sites is 1. The van der Waals surface area contributed by atoms with Crippen LogP contribution in [0, 0.1) is 17.0 Å². The zero-order valence-electron chi connectivity index (χ0n) is 15.5. The van der Waals surface area contributed by atoms with E-state index >= 15 is 0 Å². The van der Waals surface area contributed by atoms with Gasteiger partial charge in [0.25, 0.3) is 15.7 Å². The Bertz CT molecular complexity index is 1080. The molecule has 3 rings (SSSR count). The van der Waals surface area contributed by atoms with Gasteiger partial charge in [-0.05, 0) is 37.6 Å². The molecule has 0 saturated carbocycles. The molecule has 3 aromatic rings. The number of nitrogens with zero attached hydrogens (tertiary/aromatic N) is 2. The molecule has 144 valence electrons. The fourth-order valence-electron chi connectivity index (χ4n) is 3.00. The third-order valence-corrected chi connectivity index (χ3v) is 6.40. The summed E-state index contributed by atoms with van der Waals surface area (Å²) in [6.45, 7) is 3.76. The second kappa shape index (κ2) is 7.82. The summed E-state index contributed by atoms with van der Waals surface area (Å²) in [4.78, 5) is 10.4. The third kappa shape index (κ3) is 3.89. The predicted octanol–water partition coefficient (Wildman–Crippen LogP) is 4.86. The molecular formula is C21H20N2O4S. The molecule has 0 aliphatic carbocycles. The van der Waals surface area contributed by atoms with Crippen molar-refractivity contribution in [3.05, 3.63) is 100 Å². The van der Waals surface area contributed by atoms with E-state index in [1.807, 2.05) is 31.2 Å². The van der Waals surface area contributed by atoms with Crippen molar-refractivity contribution in [2.24, 2.45) is 0 Å². The summed E-state index contributed by atoms with van der Waals surface area (Å²) in [5.41, 5.74) is 2.12. The molecule has 0 heterocycles. The smallest absolute Gasteiger partial charge is 0.259 e. The maximum atomic E-state index is 13.5. The van der Waals surface area contributed by atoms with Crippen molar-refractivity contribution >= 4 is 21.4 Å². The predicted molar refractivity (Wildman–Crippen MR) is 109 cm³/mol. The van der Waals surface area contributed by atoms with Crippen LogP contribution in [-0.4, -0.2) is 13.3 Å². The lowest BCUT2D eigenvalue weighted by Crippen LogP contribution is -2.33. The van der Waals surface area contributed by atoms with Gasteiger partial charge in [0, 0.05) is 12.1 Å². The van der Waals surface area contributed by atoms with Gasteiger partial charge in [0.15, 0.2) is 0 Å². The van der Waals surface area contributed by atoms with E-state index in [9.17, 15) is 18.5 Å². The molecule has 0 fully saturated rings. The Balaban J connectivity index is 2.14. The van der Waals surface area contributed by atoms with Crippen molar-refractivity contribution in [1.82, 2.24) is 0 Å². The van der Waals surface area contributed by atoms with Crippen LogP contribution in [0.15, 0.2) is 83.8 Å². The number of rotatable bonds is 6. The first-order valence-electron chi connectivity index (χ1n) is 8.71. The zero-order chi connectivity index (χ0) is 20.3. The molecular weight excluding hydrogens is 376 g/mol. The molecule has 7 heteroatoms. The van der Waals surface area contributed by atoms with Crippen molar-refractivity contribution in [2.45, 2.75) is 24.8 Å². The maximum absolute atomic E-state index is 13.5. The second-order valence-corrected chi connectivity index (χ2v) is 8.29. The highest BCUT2D eigenvalue weighted by atomic mass is 32.2. The minimum atomic E-state index is -4.04. The quantitative estimate of drug-likeness (QED) is 0.440. The third-order valence-electron chi connectivity index (χ3n) is 4.51. The van der Waals surface area contributed by atoms with E-state index in [-0.39, 0.29) is 10.6 Å². The lowest BCUT2D eigenvalue weighted by molar-refractivity contribution is -0.385. The van der Waals surface area contributed by atoms with Crippen LogP contribution in [0.4, 0.5) is 11.4 Å². The van der Waals surface area contributed by atoms with Crippen LogP contribution in [-0.2, 0) is 10.0 Å². The largest absolute Gasteiger partial charge is 0.270 e. The summed E-state index contributed by atoms with van der Waals surface area (Å²) in [7, 11) is -4.04. The normalized spacial score (nSPS) is 12.4. The average molecular weight is 396 g/mol. The summed E-state index contributed by atoms with van der Waals surface area (Å²) in [6.07, 6.45) is 0. The Hall–Kier alpha value is -3.19. The van der Waals surface area contributed by atoms with E-state index in [1.54, 1.807) is 37.3 Å². The van der Waals surface area contributed by atoms with Crippen molar-refractivity contribution < 1.29 is 13.3 Å². The molecule has 1 atom stereocenters. The highest BCUT2D eigenvalue weighted by molar-refractivity contribution is 7.92. The molecule has 0 bridgehead atoms. The van der Waals surface area contributed by atoms with Gasteiger partial charge < -0.3 is 0 Å². The van der Waals surface area contributed by atoms with Crippen LogP contribution in [0.5, 0.6) is 0 Å². The van der Waals surface area contributed by atoms with Gasteiger partial charge in [-0.1, -0.05) is 54.1 Å². The van der Waals surface area contributed by atoms with Crippen molar-refractivity contribution in [2.75, 3.05) is 4.31 Å². The Morgan fingerprint density at radius 1 is 0.929 bits per heavy atom. The number of non-ortho nitro benzene ring substituents is 1. The number of hydrogen-bond donors (Lipinski definition) is 0. The average Bonchev–Trinajstić information content (AvgIpc) is 2.69. The molecule has 6 nitrogen and oxygen atoms in total. The fourth-order valence-corrected chi connectivity index (χ4v) is 4.68. The van der Waals surface area contributed by atoms with Gasteiger partial charge in [-0.25, -0.2) is 8.42 Å². The van der Waals surface area contributed by atoms with E-state index in [4.69, 9.17) is 0 Å². The molecule has 0 aliphatic heterocycles. The lowest BCUT2D eigenvalue weighted by atomic mass is 10.1. The van der Waals surface area contributed by atoms with Gasteiger partial charge in [0.1, 0.15) is 0 Å². The van der Waals surface area contributed by atoms with Crippen LogP contribution >= 0.6 is 0 Å². The number of aryl methyl sites for hydroxylation is 1. The van der Waals surface area contributed by atoms with E-state index in [0.29, 0.717) is 5.69 Å². The first-order valence-corrected chi connectivity index (χ1v) is 10.2. The molecule has 0 saturated heterocycles. The summed E-state index contributed by atoms with van der Waals surface area (Å²) in [5.74, 6) is 0. The molecule has 3 aromatic carbocycles. The molecule has 1 unspecified atom stereocenters. The summed E-state index contributed by atoms with van der Waals surface area (Å²) in [5, 5.41) is 11.1. The SMILES string of the molecule is Cc1ccc(C(C)N(c2ccccc2)S(=O)(=O)c2cccc([N+](=O)[O-])c2)cc1. The Morgan fingerprint density at radius 2 is 1.57 bits per heavy atom. The molecule has 0 aromatic heterocycles. The summed E-state index contributed by atoms with van der Waals surface area (Å²) < 4.78 is 28.3. The topological polar surface area (TPSA) is 80.5 Å². The monoisotopic (exact) mass is 396 g/mol. The highest BCUT2D eigenvalue weighted by Gasteiger charge is 2.31.